The minimum absolute atomic E-state index is 0.302. The average molecular weight is 273 g/mol. The number of hydrogen-bond acceptors (Lipinski definition) is 3. The van der Waals surface area contributed by atoms with Crippen molar-refractivity contribution in [3.8, 4) is 0 Å². The van der Waals surface area contributed by atoms with E-state index in [1.165, 1.54) is 6.07 Å². The molecule has 0 aliphatic heterocycles. The highest BCUT2D eigenvalue weighted by atomic mass is 19.4. The fraction of sp³-hybridized carbons (Fsp3) is 0.417. The third-order valence-corrected chi connectivity index (χ3v) is 3.19. The van der Waals surface area contributed by atoms with Crippen LogP contribution >= 0.6 is 0 Å². The van der Waals surface area contributed by atoms with E-state index in [-0.39, 0.29) is 5.56 Å². The van der Waals surface area contributed by atoms with Crippen LogP contribution in [0, 0.1) is 0 Å². The lowest BCUT2D eigenvalue weighted by atomic mass is 10.0. The van der Waals surface area contributed by atoms with Crippen molar-refractivity contribution in [3.63, 3.8) is 0 Å². The van der Waals surface area contributed by atoms with Gasteiger partial charge >= 0.3 is 6.18 Å². The van der Waals surface area contributed by atoms with Crippen LogP contribution in [0.3, 0.4) is 0 Å². The molecule has 0 saturated heterocycles. The summed E-state index contributed by atoms with van der Waals surface area (Å²) in [5.41, 5.74) is 4.54. The number of nitrogens with zero attached hydrogens (tertiary/aromatic N) is 2. The van der Waals surface area contributed by atoms with Crippen molar-refractivity contribution in [1.82, 2.24) is 0 Å². The van der Waals surface area contributed by atoms with E-state index in [0.29, 0.717) is 11.7 Å². The van der Waals surface area contributed by atoms with Crippen LogP contribution in [0.4, 0.5) is 18.9 Å². The third kappa shape index (κ3) is 2.74. The Hall–Kier alpha value is -1.92. The van der Waals surface area contributed by atoms with Crippen molar-refractivity contribution in [1.29, 1.82) is 0 Å². The number of amidine groups is 1. The predicted octanol–water partition coefficient (Wildman–Crippen LogP) is 2.40. The summed E-state index contributed by atoms with van der Waals surface area (Å²) in [6.45, 7) is 0. The first-order valence-electron chi connectivity index (χ1n) is 5.76. The lowest BCUT2D eigenvalue weighted by Gasteiger charge is -2.21. The van der Waals surface area contributed by atoms with E-state index in [1.807, 2.05) is 4.90 Å². The molecule has 0 bridgehead atoms. The molecular formula is C12H14F3N3O. The van der Waals surface area contributed by atoms with E-state index in [2.05, 4.69) is 5.16 Å². The first-order valence-corrected chi connectivity index (χ1v) is 5.76. The molecule has 3 N–H and O–H groups in total. The van der Waals surface area contributed by atoms with Crippen molar-refractivity contribution in [2.45, 2.75) is 25.1 Å². The Balaban J connectivity index is 2.47. The van der Waals surface area contributed by atoms with Crippen molar-refractivity contribution in [2.24, 2.45) is 10.9 Å². The number of nitrogens with two attached hydrogens (primary N) is 1. The van der Waals surface area contributed by atoms with E-state index in [0.717, 1.165) is 18.9 Å². The molecule has 0 amide bonds. The van der Waals surface area contributed by atoms with Gasteiger partial charge in [0.15, 0.2) is 5.84 Å². The SMILES string of the molecule is CN(c1ccc(/C(N)=N/O)c(C(F)(F)F)c1)C1CC1. The van der Waals surface area contributed by atoms with Crippen LogP contribution in [0.1, 0.15) is 24.0 Å². The summed E-state index contributed by atoms with van der Waals surface area (Å²) < 4.78 is 39.0. The zero-order valence-electron chi connectivity index (χ0n) is 10.3. The first-order chi connectivity index (χ1) is 8.84. The zero-order valence-corrected chi connectivity index (χ0v) is 10.3. The van der Waals surface area contributed by atoms with Gasteiger partial charge in [0.2, 0.25) is 0 Å². The number of alkyl halides is 3. The molecule has 0 spiro atoms. The van der Waals surface area contributed by atoms with Crippen LogP contribution in [0.25, 0.3) is 0 Å². The summed E-state index contributed by atoms with van der Waals surface area (Å²) in [5, 5.41) is 11.2. The summed E-state index contributed by atoms with van der Waals surface area (Å²) in [6, 6.07) is 4.11. The van der Waals surface area contributed by atoms with Crippen LogP contribution < -0.4 is 10.6 Å². The highest BCUT2D eigenvalue weighted by Gasteiger charge is 2.36. The molecule has 0 atom stereocenters. The molecule has 1 aromatic rings. The Labute approximate surface area is 108 Å². The minimum atomic E-state index is -4.55. The summed E-state index contributed by atoms with van der Waals surface area (Å²) in [7, 11) is 1.76. The molecule has 1 fully saturated rings. The number of hydrogen-bond donors (Lipinski definition) is 2. The second-order valence-corrected chi connectivity index (χ2v) is 4.55. The summed E-state index contributed by atoms with van der Waals surface area (Å²) >= 11 is 0. The smallest absolute Gasteiger partial charge is 0.409 e. The summed E-state index contributed by atoms with van der Waals surface area (Å²) in [6.07, 6.45) is -2.58. The van der Waals surface area contributed by atoms with Gasteiger partial charge in [-0.25, -0.2) is 0 Å². The molecule has 0 heterocycles. The van der Waals surface area contributed by atoms with E-state index in [1.54, 1.807) is 13.1 Å². The Morgan fingerprint density at radius 3 is 2.53 bits per heavy atom. The fourth-order valence-corrected chi connectivity index (χ4v) is 1.94. The van der Waals surface area contributed by atoms with Crippen molar-refractivity contribution in [3.05, 3.63) is 29.3 Å². The van der Waals surface area contributed by atoms with Crippen molar-refractivity contribution in [2.75, 3.05) is 11.9 Å². The number of benzene rings is 1. The Morgan fingerprint density at radius 1 is 1.42 bits per heavy atom. The van der Waals surface area contributed by atoms with E-state index < -0.39 is 17.6 Å². The lowest BCUT2D eigenvalue weighted by Crippen LogP contribution is -2.23. The molecular weight excluding hydrogens is 259 g/mol. The molecule has 0 unspecified atom stereocenters. The average Bonchev–Trinajstić information content (AvgIpc) is 3.19. The second kappa shape index (κ2) is 4.64. The zero-order chi connectivity index (χ0) is 14.2. The molecule has 1 saturated carbocycles. The Morgan fingerprint density at radius 2 is 2.05 bits per heavy atom. The summed E-state index contributed by atoms with van der Waals surface area (Å²) in [5.74, 6) is -0.548. The van der Waals surface area contributed by atoms with E-state index in [4.69, 9.17) is 10.9 Å². The minimum Gasteiger partial charge on any atom is -0.409 e. The van der Waals surface area contributed by atoms with Gasteiger partial charge in [0.25, 0.3) is 0 Å². The van der Waals surface area contributed by atoms with Gasteiger partial charge in [-0.3, -0.25) is 0 Å². The molecule has 104 valence electrons. The Bertz CT molecular complexity index is 509. The molecule has 0 radical (unpaired) electrons. The van der Waals surface area contributed by atoms with Crippen LogP contribution in [0.5, 0.6) is 0 Å². The first kappa shape index (κ1) is 13.5. The van der Waals surface area contributed by atoms with E-state index in [9.17, 15) is 13.2 Å². The molecule has 19 heavy (non-hydrogen) atoms. The quantitative estimate of drug-likeness (QED) is 0.385. The van der Waals surface area contributed by atoms with Gasteiger partial charge in [-0.05, 0) is 31.0 Å². The van der Waals surface area contributed by atoms with Crippen LogP contribution in [-0.2, 0) is 6.18 Å². The monoisotopic (exact) mass is 273 g/mol. The lowest BCUT2D eigenvalue weighted by molar-refractivity contribution is -0.137. The third-order valence-electron chi connectivity index (χ3n) is 3.19. The second-order valence-electron chi connectivity index (χ2n) is 4.55. The molecule has 7 heteroatoms. The number of halogens is 3. The van der Waals surface area contributed by atoms with Crippen molar-refractivity contribution >= 4 is 11.5 Å². The molecule has 1 aromatic carbocycles. The van der Waals surface area contributed by atoms with Crippen molar-refractivity contribution < 1.29 is 18.4 Å². The molecule has 0 aromatic heterocycles. The van der Waals surface area contributed by atoms with Crippen LogP contribution in [0.2, 0.25) is 0 Å². The number of rotatable bonds is 3. The molecule has 1 aliphatic carbocycles. The van der Waals surface area contributed by atoms with Gasteiger partial charge in [-0.1, -0.05) is 5.16 Å². The van der Waals surface area contributed by atoms with Gasteiger partial charge in [0.1, 0.15) is 0 Å². The highest BCUT2D eigenvalue weighted by molar-refractivity contribution is 5.99. The maximum absolute atomic E-state index is 13.0. The maximum atomic E-state index is 13.0. The molecule has 2 rings (SSSR count). The van der Waals surface area contributed by atoms with Gasteiger partial charge < -0.3 is 15.8 Å². The molecule has 1 aliphatic rings. The van der Waals surface area contributed by atoms with Gasteiger partial charge in [-0.15, -0.1) is 0 Å². The standard InChI is InChI=1S/C12H14F3N3O/c1-18(7-2-3-7)8-4-5-9(11(16)17-19)10(6-8)12(13,14)15/h4-7,19H,2-3H2,1H3,(H2,16,17). The predicted molar refractivity (Wildman–Crippen MR) is 65.4 cm³/mol. The normalized spacial score (nSPS) is 16.5. The van der Waals surface area contributed by atoms with Crippen LogP contribution in [0.15, 0.2) is 23.4 Å². The maximum Gasteiger partial charge on any atom is 0.417 e. The van der Waals surface area contributed by atoms with E-state index >= 15 is 0 Å². The van der Waals surface area contributed by atoms with Gasteiger partial charge in [0, 0.05) is 24.3 Å². The highest BCUT2D eigenvalue weighted by Crippen LogP contribution is 2.37. The summed E-state index contributed by atoms with van der Waals surface area (Å²) in [4.78, 5) is 1.81. The fourth-order valence-electron chi connectivity index (χ4n) is 1.94. The molecule has 4 nitrogen and oxygen atoms in total. The van der Waals surface area contributed by atoms with Gasteiger partial charge in [-0.2, -0.15) is 13.2 Å². The van der Waals surface area contributed by atoms with Crippen LogP contribution in [-0.4, -0.2) is 24.1 Å². The van der Waals surface area contributed by atoms with Gasteiger partial charge in [0.05, 0.1) is 5.56 Å². The largest absolute Gasteiger partial charge is 0.417 e. The number of anilines is 1. The number of oxime groups is 1. The topological polar surface area (TPSA) is 61.8 Å². The Kier molecular flexibility index (Phi) is 3.30.